The molecule has 0 radical (unpaired) electrons. The zero-order valence-corrected chi connectivity index (χ0v) is 14.9. The molecule has 2 atom stereocenters. The van der Waals surface area contributed by atoms with Crippen molar-refractivity contribution < 1.29 is 9.59 Å². The third kappa shape index (κ3) is 2.93. The molecular weight excluding hydrogens is 332 g/mol. The lowest BCUT2D eigenvalue weighted by atomic mass is 10.1. The minimum absolute atomic E-state index is 0.0899. The number of thioether (sulfide) groups is 1. The van der Waals surface area contributed by atoms with Crippen molar-refractivity contribution in [1.82, 2.24) is 4.90 Å². The fraction of sp³-hybridized carbons (Fsp3) is 0.300. The molecule has 2 aromatic rings. The molecule has 2 fully saturated rings. The van der Waals surface area contributed by atoms with E-state index in [1.54, 1.807) is 16.7 Å². The van der Waals surface area contributed by atoms with Gasteiger partial charge in [-0.25, -0.2) is 0 Å². The fourth-order valence-corrected chi connectivity index (χ4v) is 5.05. The van der Waals surface area contributed by atoms with Crippen LogP contribution >= 0.6 is 11.8 Å². The zero-order valence-electron chi connectivity index (χ0n) is 14.1. The Labute approximate surface area is 151 Å². The van der Waals surface area contributed by atoms with Crippen molar-refractivity contribution >= 4 is 29.3 Å². The van der Waals surface area contributed by atoms with E-state index in [1.165, 1.54) is 0 Å². The van der Waals surface area contributed by atoms with E-state index in [-0.39, 0.29) is 22.7 Å². The number of carbonyl (C=O) groups is 2. The van der Waals surface area contributed by atoms with Crippen LogP contribution in [0.4, 0.5) is 5.69 Å². The molecule has 5 heteroatoms. The number of nitrogens with one attached hydrogen (secondary N) is 1. The van der Waals surface area contributed by atoms with Crippen LogP contribution < -0.4 is 5.32 Å². The molecule has 2 saturated heterocycles. The zero-order chi connectivity index (χ0) is 17.4. The first-order chi connectivity index (χ1) is 12.1. The Morgan fingerprint density at radius 1 is 1.12 bits per heavy atom. The number of hydrogen-bond donors (Lipinski definition) is 1. The molecule has 0 bridgehead atoms. The second-order valence-electron chi connectivity index (χ2n) is 6.70. The average molecular weight is 352 g/mol. The summed E-state index contributed by atoms with van der Waals surface area (Å²) in [6.45, 7) is 2.06. The summed E-state index contributed by atoms with van der Waals surface area (Å²) in [5, 5.41) is 2.97. The Hall–Kier alpha value is -2.27. The molecule has 2 aliphatic rings. The van der Waals surface area contributed by atoms with Crippen molar-refractivity contribution in [3.63, 3.8) is 0 Å². The predicted octanol–water partition coefficient (Wildman–Crippen LogP) is 3.75. The summed E-state index contributed by atoms with van der Waals surface area (Å²) < 4.78 is 0. The van der Waals surface area contributed by atoms with Crippen LogP contribution in [-0.4, -0.2) is 33.4 Å². The van der Waals surface area contributed by atoms with E-state index < -0.39 is 0 Å². The molecule has 2 amide bonds. The van der Waals surface area contributed by atoms with Gasteiger partial charge in [-0.05, 0) is 36.6 Å². The van der Waals surface area contributed by atoms with E-state index in [1.807, 2.05) is 42.5 Å². The number of anilines is 1. The van der Waals surface area contributed by atoms with E-state index in [2.05, 4.69) is 24.4 Å². The lowest BCUT2D eigenvalue weighted by Crippen LogP contribution is -2.48. The predicted molar refractivity (Wildman–Crippen MR) is 101 cm³/mol. The number of carbonyl (C=O) groups excluding carboxylic acids is 2. The highest BCUT2D eigenvalue weighted by Gasteiger charge is 2.52. The molecular formula is C20H20N2O2S. The summed E-state index contributed by atoms with van der Waals surface area (Å²) in [6.07, 6.45) is 1.37. The summed E-state index contributed by atoms with van der Waals surface area (Å²) in [6, 6.07) is 17.6. The number of fused-ring (bicyclic) bond motifs is 1. The first-order valence-electron chi connectivity index (χ1n) is 8.49. The standard InChI is InChI=1S/C20H20N2O2S/c1-20-12-11-18(23)22(20)17(13-25-20)19(24)21-16-9-7-15(8-10-16)14-5-3-2-4-6-14/h2-10,17H,11-13H2,1H3,(H,21,24)/t17-,20-/m0/s1. The highest BCUT2D eigenvalue weighted by Crippen LogP contribution is 2.47. The van der Waals surface area contributed by atoms with Crippen molar-refractivity contribution in [3.05, 3.63) is 54.6 Å². The maximum absolute atomic E-state index is 12.7. The SMILES string of the molecule is C[C@]12CCC(=O)N1[C@H](C(=O)Nc1ccc(-c3ccccc3)cc1)CS2. The molecule has 2 aliphatic heterocycles. The number of rotatable bonds is 3. The van der Waals surface area contributed by atoms with Crippen LogP contribution in [0, 0.1) is 0 Å². The average Bonchev–Trinajstić information content (AvgIpc) is 3.13. The van der Waals surface area contributed by atoms with Crippen LogP contribution in [0.2, 0.25) is 0 Å². The minimum Gasteiger partial charge on any atom is -0.324 e. The highest BCUT2D eigenvalue weighted by atomic mass is 32.2. The van der Waals surface area contributed by atoms with Crippen molar-refractivity contribution in [1.29, 1.82) is 0 Å². The molecule has 2 heterocycles. The molecule has 0 aliphatic carbocycles. The number of benzene rings is 2. The first kappa shape index (κ1) is 16.2. The molecule has 2 aromatic carbocycles. The molecule has 1 N–H and O–H groups in total. The Balaban J connectivity index is 1.47. The van der Waals surface area contributed by atoms with Crippen LogP contribution in [0.3, 0.4) is 0 Å². The lowest BCUT2D eigenvalue weighted by Gasteiger charge is -2.29. The molecule has 4 nitrogen and oxygen atoms in total. The summed E-state index contributed by atoms with van der Waals surface area (Å²) in [5.41, 5.74) is 3.01. The van der Waals surface area contributed by atoms with E-state index in [0.29, 0.717) is 12.2 Å². The normalized spacial score (nSPS) is 25.1. The van der Waals surface area contributed by atoms with Crippen molar-refractivity contribution in [2.45, 2.75) is 30.7 Å². The molecule has 25 heavy (non-hydrogen) atoms. The largest absolute Gasteiger partial charge is 0.324 e. The quantitative estimate of drug-likeness (QED) is 0.915. The van der Waals surface area contributed by atoms with Gasteiger partial charge in [0.25, 0.3) is 0 Å². The topological polar surface area (TPSA) is 49.4 Å². The van der Waals surface area contributed by atoms with Crippen LogP contribution in [-0.2, 0) is 9.59 Å². The van der Waals surface area contributed by atoms with Gasteiger partial charge in [0.2, 0.25) is 11.8 Å². The Morgan fingerprint density at radius 3 is 2.52 bits per heavy atom. The van der Waals surface area contributed by atoms with Gasteiger partial charge >= 0.3 is 0 Å². The lowest BCUT2D eigenvalue weighted by molar-refractivity contribution is -0.135. The van der Waals surface area contributed by atoms with Gasteiger partial charge in [0.05, 0.1) is 4.87 Å². The fourth-order valence-electron chi connectivity index (χ4n) is 3.62. The Bertz CT molecular complexity index is 806. The van der Waals surface area contributed by atoms with Crippen molar-refractivity contribution in [2.24, 2.45) is 0 Å². The summed E-state index contributed by atoms with van der Waals surface area (Å²) >= 11 is 1.71. The van der Waals surface area contributed by atoms with Crippen LogP contribution in [0.15, 0.2) is 54.6 Å². The van der Waals surface area contributed by atoms with E-state index in [9.17, 15) is 9.59 Å². The third-order valence-electron chi connectivity index (χ3n) is 5.01. The third-order valence-corrected chi connectivity index (χ3v) is 6.51. The summed E-state index contributed by atoms with van der Waals surface area (Å²) in [7, 11) is 0. The number of hydrogen-bond acceptors (Lipinski definition) is 3. The van der Waals surface area contributed by atoms with E-state index in [4.69, 9.17) is 0 Å². The van der Waals surface area contributed by atoms with Gasteiger partial charge in [0.1, 0.15) is 6.04 Å². The van der Waals surface area contributed by atoms with Crippen molar-refractivity contribution in [3.8, 4) is 11.1 Å². The van der Waals surface area contributed by atoms with Gasteiger partial charge in [-0.3, -0.25) is 9.59 Å². The molecule has 0 saturated carbocycles. The van der Waals surface area contributed by atoms with Crippen LogP contribution in [0.1, 0.15) is 19.8 Å². The van der Waals surface area contributed by atoms with Crippen molar-refractivity contribution in [2.75, 3.05) is 11.1 Å². The highest BCUT2D eigenvalue weighted by molar-refractivity contribution is 8.01. The maximum atomic E-state index is 12.7. The first-order valence-corrected chi connectivity index (χ1v) is 9.48. The molecule has 0 spiro atoms. The van der Waals surface area contributed by atoms with Gasteiger partial charge < -0.3 is 10.2 Å². The van der Waals surface area contributed by atoms with Gasteiger partial charge in [0, 0.05) is 17.9 Å². The maximum Gasteiger partial charge on any atom is 0.248 e. The van der Waals surface area contributed by atoms with E-state index in [0.717, 1.165) is 23.2 Å². The molecule has 0 unspecified atom stereocenters. The second-order valence-corrected chi connectivity index (χ2v) is 8.20. The van der Waals surface area contributed by atoms with Gasteiger partial charge in [0.15, 0.2) is 0 Å². The van der Waals surface area contributed by atoms with E-state index >= 15 is 0 Å². The molecule has 0 aromatic heterocycles. The van der Waals surface area contributed by atoms with Gasteiger partial charge in [-0.2, -0.15) is 0 Å². The van der Waals surface area contributed by atoms with Gasteiger partial charge in [-0.15, -0.1) is 11.8 Å². The minimum atomic E-state index is -0.376. The van der Waals surface area contributed by atoms with Gasteiger partial charge in [-0.1, -0.05) is 42.5 Å². The molecule has 4 rings (SSSR count). The number of amides is 2. The summed E-state index contributed by atoms with van der Waals surface area (Å²) in [5.74, 6) is 0.655. The molecule has 128 valence electrons. The smallest absolute Gasteiger partial charge is 0.248 e. The summed E-state index contributed by atoms with van der Waals surface area (Å²) in [4.78, 5) is 26.4. The monoisotopic (exact) mass is 352 g/mol. The Kier molecular flexibility index (Phi) is 4.04. The van der Waals surface area contributed by atoms with Crippen LogP contribution in [0.25, 0.3) is 11.1 Å². The Morgan fingerprint density at radius 2 is 1.80 bits per heavy atom. The number of nitrogens with zero attached hydrogens (tertiary/aromatic N) is 1. The van der Waals surface area contributed by atoms with Crippen LogP contribution in [0.5, 0.6) is 0 Å². The second kappa shape index (κ2) is 6.23.